The number of benzene rings is 1. The van der Waals surface area contributed by atoms with E-state index in [1.54, 1.807) is 11.8 Å². The Balaban J connectivity index is 1.68. The summed E-state index contributed by atoms with van der Waals surface area (Å²) < 4.78 is 5.33. The van der Waals surface area contributed by atoms with E-state index in [0.717, 1.165) is 46.6 Å². The van der Waals surface area contributed by atoms with Crippen molar-refractivity contribution < 1.29 is 9.53 Å². The quantitative estimate of drug-likeness (QED) is 0.464. The molecule has 1 aromatic heterocycles. The van der Waals surface area contributed by atoms with Crippen molar-refractivity contribution >= 4 is 23.5 Å². The first-order valence-electron chi connectivity index (χ1n) is 10.7. The molecular formula is C23H32N4O2S. The molecule has 0 saturated carbocycles. The monoisotopic (exact) mass is 428 g/mol. The molecule has 1 aromatic carbocycles. The van der Waals surface area contributed by atoms with Gasteiger partial charge in [-0.05, 0) is 37.5 Å². The van der Waals surface area contributed by atoms with E-state index in [1.807, 2.05) is 29.2 Å². The normalized spacial score (nSPS) is 14.2. The van der Waals surface area contributed by atoms with Crippen LogP contribution in [-0.4, -0.2) is 60.2 Å². The minimum absolute atomic E-state index is 0.0781. The van der Waals surface area contributed by atoms with Gasteiger partial charge in [-0.25, -0.2) is 9.97 Å². The van der Waals surface area contributed by atoms with Crippen molar-refractivity contribution in [3.05, 3.63) is 47.2 Å². The third-order valence-electron chi connectivity index (χ3n) is 5.26. The predicted octanol–water partition coefficient (Wildman–Crippen LogP) is 4.21. The Bertz CT molecular complexity index is 832. The Morgan fingerprint density at radius 2 is 1.80 bits per heavy atom. The molecule has 0 radical (unpaired) electrons. The third-order valence-corrected chi connectivity index (χ3v) is 6.18. The van der Waals surface area contributed by atoms with Crippen LogP contribution in [0.5, 0.6) is 0 Å². The molecule has 1 aliphatic heterocycles. The lowest BCUT2D eigenvalue weighted by Gasteiger charge is -2.26. The van der Waals surface area contributed by atoms with Gasteiger partial charge in [0.1, 0.15) is 5.82 Å². The number of carbonyl (C=O) groups excluding carboxylic acids is 1. The summed E-state index contributed by atoms with van der Waals surface area (Å²) in [6.07, 6.45) is 0. The van der Waals surface area contributed by atoms with Crippen LogP contribution in [0.1, 0.15) is 55.2 Å². The highest BCUT2D eigenvalue weighted by atomic mass is 32.2. The van der Waals surface area contributed by atoms with Crippen molar-refractivity contribution in [1.82, 2.24) is 14.9 Å². The summed E-state index contributed by atoms with van der Waals surface area (Å²) in [5, 5.41) is 0.802. The van der Waals surface area contributed by atoms with Gasteiger partial charge in [-0.3, -0.25) is 4.79 Å². The number of carbonyl (C=O) groups is 1. The summed E-state index contributed by atoms with van der Waals surface area (Å²) >= 11 is 1.64. The summed E-state index contributed by atoms with van der Waals surface area (Å²) in [5.41, 5.74) is 2.95. The van der Waals surface area contributed by atoms with Crippen LogP contribution < -0.4 is 4.90 Å². The SMILES string of the molecule is CCN(CC)c1cc(C(C)C)nc(SCc2ccc(C(=O)N3CCOCC3)cc2)n1. The van der Waals surface area contributed by atoms with E-state index >= 15 is 0 Å². The fraction of sp³-hybridized carbons (Fsp3) is 0.522. The Kier molecular flexibility index (Phi) is 8.10. The summed E-state index contributed by atoms with van der Waals surface area (Å²) in [5.74, 6) is 2.19. The van der Waals surface area contributed by atoms with Crippen LogP contribution >= 0.6 is 11.8 Å². The highest BCUT2D eigenvalue weighted by molar-refractivity contribution is 7.98. The third kappa shape index (κ3) is 5.73. The molecule has 0 bridgehead atoms. The number of amides is 1. The van der Waals surface area contributed by atoms with Crippen molar-refractivity contribution in [2.24, 2.45) is 0 Å². The van der Waals surface area contributed by atoms with Gasteiger partial charge in [0.05, 0.1) is 13.2 Å². The van der Waals surface area contributed by atoms with Crippen LogP contribution in [-0.2, 0) is 10.5 Å². The van der Waals surface area contributed by atoms with E-state index in [-0.39, 0.29) is 5.91 Å². The second-order valence-electron chi connectivity index (χ2n) is 7.65. The van der Waals surface area contributed by atoms with Gasteiger partial charge in [0.2, 0.25) is 0 Å². The highest BCUT2D eigenvalue weighted by Crippen LogP contribution is 2.26. The number of morpholine rings is 1. The molecule has 1 amide bonds. The van der Waals surface area contributed by atoms with Gasteiger partial charge in [-0.1, -0.05) is 37.7 Å². The molecule has 2 aromatic rings. The summed E-state index contributed by atoms with van der Waals surface area (Å²) in [7, 11) is 0. The van der Waals surface area contributed by atoms with Gasteiger partial charge in [0.15, 0.2) is 5.16 Å². The number of nitrogens with zero attached hydrogens (tertiary/aromatic N) is 4. The number of aromatic nitrogens is 2. The smallest absolute Gasteiger partial charge is 0.254 e. The van der Waals surface area contributed by atoms with E-state index in [0.29, 0.717) is 32.2 Å². The molecule has 3 rings (SSSR count). The van der Waals surface area contributed by atoms with Crippen LogP contribution in [0, 0.1) is 0 Å². The molecule has 162 valence electrons. The minimum Gasteiger partial charge on any atom is -0.378 e. The maximum Gasteiger partial charge on any atom is 0.254 e. The number of ether oxygens (including phenoxy) is 1. The van der Waals surface area contributed by atoms with Crippen molar-refractivity contribution in [2.75, 3.05) is 44.3 Å². The van der Waals surface area contributed by atoms with Crippen molar-refractivity contribution in [2.45, 2.75) is 44.5 Å². The van der Waals surface area contributed by atoms with E-state index in [9.17, 15) is 4.79 Å². The molecule has 30 heavy (non-hydrogen) atoms. The topological polar surface area (TPSA) is 58.6 Å². The molecule has 0 spiro atoms. The van der Waals surface area contributed by atoms with Gasteiger partial charge in [0, 0.05) is 49.3 Å². The molecule has 0 aliphatic carbocycles. The molecule has 1 aliphatic rings. The average molecular weight is 429 g/mol. The predicted molar refractivity (Wildman–Crippen MR) is 122 cm³/mol. The molecule has 1 saturated heterocycles. The maximum absolute atomic E-state index is 12.6. The fourth-order valence-corrected chi connectivity index (χ4v) is 4.16. The number of rotatable bonds is 8. The van der Waals surface area contributed by atoms with Crippen molar-refractivity contribution in [1.29, 1.82) is 0 Å². The molecule has 6 nitrogen and oxygen atoms in total. The number of hydrogen-bond donors (Lipinski definition) is 0. The molecular weight excluding hydrogens is 396 g/mol. The lowest BCUT2D eigenvalue weighted by molar-refractivity contribution is 0.0303. The van der Waals surface area contributed by atoms with Gasteiger partial charge in [-0.2, -0.15) is 0 Å². The fourth-order valence-electron chi connectivity index (χ4n) is 3.34. The second-order valence-corrected chi connectivity index (χ2v) is 8.59. The molecule has 0 atom stereocenters. The molecule has 2 heterocycles. The Hall–Kier alpha value is -2.12. The zero-order chi connectivity index (χ0) is 21.5. The maximum atomic E-state index is 12.6. The highest BCUT2D eigenvalue weighted by Gasteiger charge is 2.18. The van der Waals surface area contributed by atoms with Gasteiger partial charge in [0.25, 0.3) is 5.91 Å². The Labute approximate surface area is 184 Å². The van der Waals surface area contributed by atoms with Gasteiger partial charge in [-0.15, -0.1) is 0 Å². The molecule has 1 fully saturated rings. The first kappa shape index (κ1) is 22.6. The van der Waals surface area contributed by atoms with Gasteiger partial charge >= 0.3 is 0 Å². The standard InChI is InChI=1S/C23H32N4O2S/c1-5-26(6-2)21-15-20(17(3)4)24-23(25-21)30-16-18-7-9-19(10-8-18)22(28)27-11-13-29-14-12-27/h7-10,15,17H,5-6,11-14,16H2,1-4H3. The van der Waals surface area contributed by atoms with E-state index in [2.05, 4.69) is 38.7 Å². The van der Waals surface area contributed by atoms with Crippen LogP contribution in [0.15, 0.2) is 35.5 Å². The number of thioether (sulfide) groups is 1. The Morgan fingerprint density at radius 1 is 1.13 bits per heavy atom. The van der Waals surface area contributed by atoms with Crippen LogP contribution in [0.2, 0.25) is 0 Å². The number of anilines is 1. The lowest BCUT2D eigenvalue weighted by atomic mass is 10.1. The summed E-state index contributed by atoms with van der Waals surface area (Å²) in [4.78, 5) is 26.2. The van der Waals surface area contributed by atoms with Crippen LogP contribution in [0.3, 0.4) is 0 Å². The van der Waals surface area contributed by atoms with Crippen molar-refractivity contribution in [3.8, 4) is 0 Å². The van der Waals surface area contributed by atoms with Crippen LogP contribution in [0.25, 0.3) is 0 Å². The zero-order valence-electron chi connectivity index (χ0n) is 18.4. The Morgan fingerprint density at radius 3 is 2.40 bits per heavy atom. The van der Waals surface area contributed by atoms with E-state index < -0.39 is 0 Å². The van der Waals surface area contributed by atoms with Crippen LogP contribution in [0.4, 0.5) is 5.82 Å². The van der Waals surface area contributed by atoms with E-state index in [1.165, 1.54) is 0 Å². The molecule has 0 N–H and O–H groups in total. The molecule has 0 unspecified atom stereocenters. The van der Waals surface area contributed by atoms with Crippen molar-refractivity contribution in [3.63, 3.8) is 0 Å². The lowest BCUT2D eigenvalue weighted by Crippen LogP contribution is -2.40. The zero-order valence-corrected chi connectivity index (χ0v) is 19.2. The summed E-state index contributed by atoms with van der Waals surface area (Å²) in [6.45, 7) is 13.0. The van der Waals surface area contributed by atoms with E-state index in [4.69, 9.17) is 14.7 Å². The number of hydrogen-bond acceptors (Lipinski definition) is 6. The molecule has 7 heteroatoms. The average Bonchev–Trinajstić information content (AvgIpc) is 2.79. The largest absolute Gasteiger partial charge is 0.378 e. The summed E-state index contributed by atoms with van der Waals surface area (Å²) in [6, 6.07) is 9.99. The first-order chi connectivity index (χ1) is 14.5. The second kappa shape index (κ2) is 10.8. The minimum atomic E-state index is 0.0781. The first-order valence-corrected chi connectivity index (χ1v) is 11.7. The van der Waals surface area contributed by atoms with Gasteiger partial charge < -0.3 is 14.5 Å².